The normalized spacial score (nSPS) is 15.9. The van der Waals surface area contributed by atoms with Crippen molar-refractivity contribution in [2.75, 3.05) is 13.7 Å². The van der Waals surface area contributed by atoms with Crippen molar-refractivity contribution < 1.29 is 14.3 Å². The van der Waals surface area contributed by atoms with Gasteiger partial charge in [-0.15, -0.1) is 0 Å². The largest absolute Gasteiger partial charge is 0.493 e. The molecule has 1 heterocycles. The molecule has 1 aliphatic heterocycles. The molecule has 0 bridgehead atoms. The number of thioether (sulfide) groups is 1. The first-order valence-electron chi connectivity index (χ1n) is 11.0. The van der Waals surface area contributed by atoms with Gasteiger partial charge in [0.15, 0.2) is 16.7 Å². The Bertz CT molecular complexity index is 1210. The first-order valence-corrected chi connectivity index (χ1v) is 12.6. The van der Waals surface area contributed by atoms with Gasteiger partial charge in [0.25, 0.3) is 5.91 Å². The number of rotatable bonds is 8. The Morgan fingerprint density at radius 3 is 2.50 bits per heavy atom. The molecule has 0 aromatic heterocycles. The lowest BCUT2D eigenvalue weighted by atomic mass is 10.1. The van der Waals surface area contributed by atoms with E-state index < -0.39 is 0 Å². The Morgan fingerprint density at radius 2 is 1.79 bits per heavy atom. The number of methoxy groups -OCH3 is 1. The van der Waals surface area contributed by atoms with Gasteiger partial charge in [-0.25, -0.2) is 4.99 Å². The molecule has 5 nitrogen and oxygen atoms in total. The van der Waals surface area contributed by atoms with Crippen molar-refractivity contribution in [2.45, 2.75) is 20.0 Å². The Morgan fingerprint density at radius 1 is 1.03 bits per heavy atom. The lowest BCUT2D eigenvalue weighted by molar-refractivity contribution is -0.122. The van der Waals surface area contributed by atoms with Crippen LogP contribution in [0.2, 0.25) is 0 Å². The molecule has 4 rings (SSSR count). The quantitative estimate of drug-likeness (QED) is 0.289. The highest BCUT2D eigenvalue weighted by Gasteiger charge is 2.33. The van der Waals surface area contributed by atoms with E-state index in [1.54, 1.807) is 12.0 Å². The SMILES string of the molecule is CCCN1C(=O)/C(=C\c2cccc(OC)c2OCc2ccc(Br)cc2)SC1=Nc1ccccc1. The number of hydrogen-bond donors (Lipinski definition) is 0. The summed E-state index contributed by atoms with van der Waals surface area (Å²) in [7, 11) is 1.61. The number of halogens is 1. The van der Waals surface area contributed by atoms with Crippen LogP contribution in [0.25, 0.3) is 6.08 Å². The Hall–Kier alpha value is -3.03. The van der Waals surface area contributed by atoms with Gasteiger partial charge in [-0.3, -0.25) is 9.69 Å². The van der Waals surface area contributed by atoms with E-state index in [4.69, 9.17) is 14.5 Å². The monoisotopic (exact) mass is 536 g/mol. The van der Waals surface area contributed by atoms with Gasteiger partial charge in [-0.1, -0.05) is 65.3 Å². The van der Waals surface area contributed by atoms with Crippen LogP contribution in [0.5, 0.6) is 11.5 Å². The molecule has 0 spiro atoms. The summed E-state index contributed by atoms with van der Waals surface area (Å²) in [4.78, 5) is 20.3. The predicted molar refractivity (Wildman–Crippen MR) is 143 cm³/mol. The fourth-order valence-corrected chi connectivity index (χ4v) is 4.74. The van der Waals surface area contributed by atoms with Crippen molar-refractivity contribution in [2.24, 2.45) is 4.99 Å². The molecule has 174 valence electrons. The second-order valence-electron chi connectivity index (χ2n) is 7.59. The highest BCUT2D eigenvalue weighted by Crippen LogP contribution is 2.38. The Kier molecular flexibility index (Phi) is 8.08. The lowest BCUT2D eigenvalue weighted by Crippen LogP contribution is -2.29. The van der Waals surface area contributed by atoms with Gasteiger partial charge in [0, 0.05) is 16.6 Å². The van der Waals surface area contributed by atoms with Gasteiger partial charge in [0.05, 0.1) is 17.7 Å². The Balaban J connectivity index is 1.65. The van der Waals surface area contributed by atoms with Crippen LogP contribution in [0, 0.1) is 0 Å². The summed E-state index contributed by atoms with van der Waals surface area (Å²) in [6, 6.07) is 23.3. The maximum atomic E-state index is 13.3. The van der Waals surface area contributed by atoms with E-state index in [9.17, 15) is 4.79 Å². The summed E-state index contributed by atoms with van der Waals surface area (Å²) >= 11 is 4.84. The van der Waals surface area contributed by atoms with Crippen molar-refractivity contribution in [3.8, 4) is 11.5 Å². The van der Waals surface area contributed by atoms with E-state index in [1.165, 1.54) is 11.8 Å². The minimum Gasteiger partial charge on any atom is -0.493 e. The minimum absolute atomic E-state index is 0.0526. The number of aliphatic imine (C=N–C) groups is 1. The van der Waals surface area contributed by atoms with E-state index in [0.29, 0.717) is 34.7 Å². The molecule has 3 aromatic carbocycles. The fourth-order valence-electron chi connectivity index (χ4n) is 3.46. The average molecular weight is 537 g/mol. The number of benzene rings is 3. The van der Waals surface area contributed by atoms with E-state index >= 15 is 0 Å². The molecule has 1 amide bonds. The molecule has 1 fully saturated rings. The van der Waals surface area contributed by atoms with E-state index in [2.05, 4.69) is 22.9 Å². The number of nitrogens with zero attached hydrogens (tertiary/aromatic N) is 2. The van der Waals surface area contributed by atoms with Crippen molar-refractivity contribution in [1.82, 2.24) is 4.90 Å². The molecular weight excluding hydrogens is 512 g/mol. The number of carbonyl (C=O) groups excluding carboxylic acids is 1. The van der Waals surface area contributed by atoms with Crippen LogP contribution in [0.15, 0.2) is 87.2 Å². The highest BCUT2D eigenvalue weighted by molar-refractivity contribution is 9.10. The minimum atomic E-state index is -0.0526. The van der Waals surface area contributed by atoms with Crippen LogP contribution in [-0.4, -0.2) is 29.6 Å². The van der Waals surface area contributed by atoms with Gasteiger partial charge in [-0.05, 0) is 60.2 Å². The van der Waals surface area contributed by atoms with Crippen LogP contribution >= 0.6 is 27.7 Å². The summed E-state index contributed by atoms with van der Waals surface area (Å²) < 4.78 is 12.7. The molecular formula is C27H25BrN2O3S. The van der Waals surface area contributed by atoms with Crippen LogP contribution in [0.4, 0.5) is 5.69 Å². The number of amidine groups is 1. The molecule has 1 saturated heterocycles. The highest BCUT2D eigenvalue weighted by atomic mass is 79.9. The van der Waals surface area contributed by atoms with Crippen molar-refractivity contribution in [1.29, 1.82) is 0 Å². The maximum absolute atomic E-state index is 13.3. The van der Waals surface area contributed by atoms with E-state index in [1.807, 2.05) is 78.9 Å². The molecule has 34 heavy (non-hydrogen) atoms. The molecule has 1 aliphatic rings. The molecule has 0 unspecified atom stereocenters. The van der Waals surface area contributed by atoms with E-state index in [0.717, 1.165) is 27.7 Å². The van der Waals surface area contributed by atoms with Crippen molar-refractivity contribution in [3.63, 3.8) is 0 Å². The van der Waals surface area contributed by atoms with Gasteiger partial charge >= 0.3 is 0 Å². The zero-order chi connectivity index (χ0) is 23.9. The number of para-hydroxylation sites is 2. The predicted octanol–water partition coefficient (Wildman–Crippen LogP) is 7.05. The third kappa shape index (κ3) is 5.72. The topological polar surface area (TPSA) is 51.1 Å². The molecule has 0 saturated carbocycles. The second-order valence-corrected chi connectivity index (χ2v) is 9.52. The van der Waals surface area contributed by atoms with Crippen molar-refractivity contribution in [3.05, 3.63) is 93.3 Å². The van der Waals surface area contributed by atoms with Gasteiger partial charge in [0.1, 0.15) is 6.61 Å². The average Bonchev–Trinajstić information content (AvgIpc) is 3.14. The molecule has 0 aliphatic carbocycles. The fraction of sp³-hybridized carbons (Fsp3) is 0.185. The van der Waals surface area contributed by atoms with Gasteiger partial charge in [-0.2, -0.15) is 0 Å². The Labute approximate surface area is 212 Å². The number of ether oxygens (including phenoxy) is 2. The summed E-state index contributed by atoms with van der Waals surface area (Å²) in [6.07, 6.45) is 2.71. The third-order valence-electron chi connectivity index (χ3n) is 5.13. The van der Waals surface area contributed by atoms with Gasteiger partial charge in [0.2, 0.25) is 0 Å². The zero-order valence-corrected chi connectivity index (χ0v) is 21.4. The molecule has 3 aromatic rings. The van der Waals surface area contributed by atoms with Crippen molar-refractivity contribution >= 4 is 50.5 Å². The van der Waals surface area contributed by atoms with Crippen LogP contribution in [-0.2, 0) is 11.4 Å². The summed E-state index contributed by atoms with van der Waals surface area (Å²) in [5.41, 5.74) is 2.63. The number of hydrogen-bond acceptors (Lipinski definition) is 5. The third-order valence-corrected chi connectivity index (χ3v) is 6.66. The standard InChI is InChI=1S/C27H25BrN2O3S/c1-3-16-30-26(31)24(34-27(30)29-22-9-5-4-6-10-22)17-20-8-7-11-23(32-2)25(20)33-18-19-12-14-21(28)15-13-19/h4-15,17H,3,16,18H2,1-2H3/b24-17+,29-27?. The number of carbonyl (C=O) groups is 1. The van der Waals surface area contributed by atoms with Gasteiger partial charge < -0.3 is 9.47 Å². The molecule has 0 N–H and O–H groups in total. The lowest BCUT2D eigenvalue weighted by Gasteiger charge is -2.14. The number of amides is 1. The maximum Gasteiger partial charge on any atom is 0.266 e. The summed E-state index contributed by atoms with van der Waals surface area (Å²) in [6.45, 7) is 3.05. The second kappa shape index (κ2) is 11.4. The van der Waals surface area contributed by atoms with Crippen LogP contribution < -0.4 is 9.47 Å². The van der Waals surface area contributed by atoms with Crippen LogP contribution in [0.3, 0.4) is 0 Å². The molecule has 0 radical (unpaired) electrons. The first-order chi connectivity index (χ1) is 16.6. The zero-order valence-electron chi connectivity index (χ0n) is 19.0. The summed E-state index contributed by atoms with van der Waals surface area (Å²) in [5.74, 6) is 1.16. The summed E-state index contributed by atoms with van der Waals surface area (Å²) in [5, 5.41) is 0.685. The van der Waals surface area contributed by atoms with Crippen LogP contribution in [0.1, 0.15) is 24.5 Å². The first kappa shape index (κ1) is 24.1. The van der Waals surface area contributed by atoms with E-state index in [-0.39, 0.29) is 5.91 Å². The molecule has 7 heteroatoms. The molecule has 0 atom stereocenters. The smallest absolute Gasteiger partial charge is 0.266 e.